The molecule has 1 saturated carbocycles. The fourth-order valence-corrected chi connectivity index (χ4v) is 2.14. The van der Waals surface area contributed by atoms with Crippen molar-refractivity contribution in [2.45, 2.75) is 44.2 Å². The Hall–Kier alpha value is -1.63. The van der Waals surface area contributed by atoms with Gasteiger partial charge >= 0.3 is 5.97 Å². The lowest BCUT2D eigenvalue weighted by molar-refractivity contribution is -0.142. The molecule has 0 heterocycles. The van der Waals surface area contributed by atoms with E-state index < -0.39 is 17.9 Å². The van der Waals surface area contributed by atoms with Crippen molar-refractivity contribution >= 4 is 17.8 Å². The van der Waals surface area contributed by atoms with E-state index >= 15 is 0 Å². The van der Waals surface area contributed by atoms with Crippen LogP contribution in [0.15, 0.2) is 0 Å². The zero-order valence-electron chi connectivity index (χ0n) is 10.1. The van der Waals surface area contributed by atoms with Gasteiger partial charge < -0.3 is 21.9 Å². The highest BCUT2D eigenvalue weighted by Gasteiger charge is 2.32. The predicted octanol–water partition coefficient (Wildman–Crippen LogP) is -1.05. The quantitative estimate of drug-likeness (QED) is 0.481. The summed E-state index contributed by atoms with van der Waals surface area (Å²) in [6, 6.07) is -1.30. The van der Waals surface area contributed by atoms with Crippen LogP contribution in [0.2, 0.25) is 0 Å². The van der Waals surface area contributed by atoms with E-state index in [4.69, 9.17) is 16.6 Å². The summed E-state index contributed by atoms with van der Waals surface area (Å²) in [5.41, 5.74) is 10.7. The van der Waals surface area contributed by atoms with Gasteiger partial charge in [-0.1, -0.05) is 6.42 Å². The van der Waals surface area contributed by atoms with E-state index in [0.29, 0.717) is 6.42 Å². The molecule has 0 spiro atoms. The van der Waals surface area contributed by atoms with Gasteiger partial charge in [-0.05, 0) is 19.3 Å². The molecule has 0 radical (unpaired) electrons. The van der Waals surface area contributed by atoms with Crippen molar-refractivity contribution in [1.82, 2.24) is 5.32 Å². The normalized spacial score (nSPS) is 24.5. The summed E-state index contributed by atoms with van der Waals surface area (Å²) in [4.78, 5) is 33.4. The third kappa shape index (κ3) is 3.99. The lowest BCUT2D eigenvalue weighted by Gasteiger charge is -2.19. The topological polar surface area (TPSA) is 136 Å². The van der Waals surface area contributed by atoms with Gasteiger partial charge in [0.1, 0.15) is 6.04 Å². The molecule has 7 heteroatoms. The Bertz CT molecular complexity index is 345. The summed E-state index contributed by atoms with van der Waals surface area (Å²) in [6.45, 7) is 0. The first kappa shape index (κ1) is 14.4. The molecule has 2 unspecified atom stereocenters. The standard InChI is InChI=1S/C11H19N3O4/c12-7-3-1-2-6(7)10(16)14-8(11(17)18)4-5-9(13)15/h6-8H,1-5,12H2,(H2,13,15)(H,14,16)(H,17,18)/t6?,7?,8-/m0/s1. The van der Waals surface area contributed by atoms with Crippen molar-refractivity contribution < 1.29 is 19.5 Å². The number of aliphatic carboxylic acids is 1. The van der Waals surface area contributed by atoms with E-state index in [1.807, 2.05) is 0 Å². The lowest BCUT2D eigenvalue weighted by atomic mass is 10.0. The van der Waals surface area contributed by atoms with E-state index in [1.54, 1.807) is 0 Å². The Balaban J connectivity index is 2.52. The first-order chi connectivity index (χ1) is 8.41. The first-order valence-electron chi connectivity index (χ1n) is 5.99. The molecule has 6 N–H and O–H groups in total. The highest BCUT2D eigenvalue weighted by atomic mass is 16.4. The fourth-order valence-electron chi connectivity index (χ4n) is 2.14. The molecule has 0 bridgehead atoms. The van der Waals surface area contributed by atoms with Crippen LogP contribution in [0.5, 0.6) is 0 Å². The second kappa shape index (κ2) is 6.34. The van der Waals surface area contributed by atoms with E-state index in [9.17, 15) is 14.4 Å². The molecule has 1 rings (SSSR count). The third-order valence-electron chi connectivity index (χ3n) is 3.20. The molecule has 2 amide bonds. The Labute approximate surface area is 105 Å². The first-order valence-corrected chi connectivity index (χ1v) is 5.99. The number of carbonyl (C=O) groups is 3. The van der Waals surface area contributed by atoms with E-state index in [0.717, 1.165) is 12.8 Å². The molecule has 1 fully saturated rings. The van der Waals surface area contributed by atoms with Gasteiger partial charge in [0, 0.05) is 12.5 Å². The molecule has 0 aliphatic heterocycles. The fraction of sp³-hybridized carbons (Fsp3) is 0.727. The molecule has 7 nitrogen and oxygen atoms in total. The summed E-state index contributed by atoms with van der Waals surface area (Å²) in [5, 5.41) is 11.4. The van der Waals surface area contributed by atoms with Gasteiger partial charge in [0.05, 0.1) is 5.92 Å². The molecule has 3 atom stereocenters. The zero-order valence-corrected chi connectivity index (χ0v) is 10.1. The summed E-state index contributed by atoms with van der Waals surface area (Å²) in [7, 11) is 0. The van der Waals surface area contributed by atoms with Gasteiger partial charge in [-0.2, -0.15) is 0 Å². The molecule has 18 heavy (non-hydrogen) atoms. The smallest absolute Gasteiger partial charge is 0.326 e. The van der Waals surface area contributed by atoms with Gasteiger partial charge in [-0.15, -0.1) is 0 Å². The van der Waals surface area contributed by atoms with Crippen molar-refractivity contribution in [2.24, 2.45) is 17.4 Å². The summed E-state index contributed by atoms with van der Waals surface area (Å²) >= 11 is 0. The van der Waals surface area contributed by atoms with Crippen molar-refractivity contribution in [3.05, 3.63) is 0 Å². The van der Waals surface area contributed by atoms with Crippen LogP contribution in [-0.4, -0.2) is 35.0 Å². The highest BCUT2D eigenvalue weighted by Crippen LogP contribution is 2.24. The van der Waals surface area contributed by atoms with Crippen LogP contribution < -0.4 is 16.8 Å². The molecule has 0 aromatic heterocycles. The Morgan fingerprint density at radius 1 is 1.33 bits per heavy atom. The number of carboxylic acids is 1. The van der Waals surface area contributed by atoms with Crippen LogP contribution in [0.3, 0.4) is 0 Å². The molecule has 1 aliphatic rings. The van der Waals surface area contributed by atoms with Crippen molar-refractivity contribution in [3.63, 3.8) is 0 Å². The minimum Gasteiger partial charge on any atom is -0.480 e. The van der Waals surface area contributed by atoms with Gasteiger partial charge in [0.25, 0.3) is 0 Å². The average molecular weight is 257 g/mol. The number of amides is 2. The monoisotopic (exact) mass is 257 g/mol. The summed E-state index contributed by atoms with van der Waals surface area (Å²) < 4.78 is 0. The SMILES string of the molecule is NC(=O)CC[C@H](NC(=O)C1CCCC1N)C(=O)O. The number of hydrogen-bond acceptors (Lipinski definition) is 4. The Morgan fingerprint density at radius 3 is 2.44 bits per heavy atom. The van der Waals surface area contributed by atoms with Gasteiger partial charge in [0.15, 0.2) is 0 Å². The molecule has 0 aromatic rings. The van der Waals surface area contributed by atoms with Gasteiger partial charge in [0.2, 0.25) is 11.8 Å². The molecular weight excluding hydrogens is 238 g/mol. The van der Waals surface area contributed by atoms with Crippen LogP contribution in [0.1, 0.15) is 32.1 Å². The number of nitrogens with one attached hydrogen (secondary N) is 1. The molecule has 102 valence electrons. The van der Waals surface area contributed by atoms with E-state index in [1.165, 1.54) is 0 Å². The lowest BCUT2D eigenvalue weighted by Crippen LogP contribution is -2.46. The van der Waals surface area contributed by atoms with Gasteiger partial charge in [-0.25, -0.2) is 4.79 Å². The number of carbonyl (C=O) groups excluding carboxylic acids is 2. The number of primary amides is 1. The van der Waals surface area contributed by atoms with Crippen molar-refractivity contribution in [2.75, 3.05) is 0 Å². The molecular formula is C11H19N3O4. The molecule has 1 aliphatic carbocycles. The Morgan fingerprint density at radius 2 is 2.00 bits per heavy atom. The number of rotatable bonds is 6. The second-order valence-corrected chi connectivity index (χ2v) is 4.61. The zero-order chi connectivity index (χ0) is 13.7. The Kier molecular flexibility index (Phi) is 5.08. The summed E-state index contributed by atoms with van der Waals surface area (Å²) in [6.07, 6.45) is 2.25. The second-order valence-electron chi connectivity index (χ2n) is 4.61. The van der Waals surface area contributed by atoms with Crippen LogP contribution in [-0.2, 0) is 14.4 Å². The number of carboxylic acid groups (broad SMARTS) is 1. The van der Waals surface area contributed by atoms with Crippen molar-refractivity contribution in [3.8, 4) is 0 Å². The van der Waals surface area contributed by atoms with Gasteiger partial charge in [-0.3, -0.25) is 9.59 Å². The molecule has 0 aromatic carbocycles. The maximum absolute atomic E-state index is 11.8. The number of nitrogens with two attached hydrogens (primary N) is 2. The van der Waals surface area contributed by atoms with Crippen LogP contribution in [0, 0.1) is 5.92 Å². The highest BCUT2D eigenvalue weighted by molar-refractivity contribution is 5.86. The molecule has 0 saturated heterocycles. The average Bonchev–Trinajstić information content (AvgIpc) is 2.69. The minimum absolute atomic E-state index is 0.00162. The van der Waals surface area contributed by atoms with Crippen LogP contribution >= 0.6 is 0 Å². The van der Waals surface area contributed by atoms with E-state index in [2.05, 4.69) is 5.32 Å². The van der Waals surface area contributed by atoms with Crippen LogP contribution in [0.4, 0.5) is 0 Å². The largest absolute Gasteiger partial charge is 0.480 e. The minimum atomic E-state index is -1.17. The third-order valence-corrected chi connectivity index (χ3v) is 3.20. The maximum Gasteiger partial charge on any atom is 0.326 e. The van der Waals surface area contributed by atoms with Crippen LogP contribution in [0.25, 0.3) is 0 Å². The predicted molar refractivity (Wildman–Crippen MR) is 63.3 cm³/mol. The van der Waals surface area contributed by atoms with E-state index in [-0.39, 0.29) is 30.7 Å². The maximum atomic E-state index is 11.8. The number of hydrogen-bond donors (Lipinski definition) is 4. The van der Waals surface area contributed by atoms with Crippen molar-refractivity contribution in [1.29, 1.82) is 0 Å². The summed E-state index contributed by atoms with van der Waals surface area (Å²) in [5.74, 6) is -2.44.